The summed E-state index contributed by atoms with van der Waals surface area (Å²) >= 11 is 1.61. The highest BCUT2D eigenvalue weighted by atomic mass is 32.2. The summed E-state index contributed by atoms with van der Waals surface area (Å²) in [5, 5.41) is 9.04. The van der Waals surface area contributed by atoms with Gasteiger partial charge < -0.3 is 14.9 Å². The summed E-state index contributed by atoms with van der Waals surface area (Å²) in [5.41, 5.74) is -0.0994. The molecule has 130 valence electrons. The van der Waals surface area contributed by atoms with Gasteiger partial charge in [-0.05, 0) is 18.3 Å². The van der Waals surface area contributed by atoms with Crippen molar-refractivity contribution in [3.05, 3.63) is 0 Å². The van der Waals surface area contributed by atoms with Crippen LogP contribution < -0.4 is 0 Å². The van der Waals surface area contributed by atoms with Gasteiger partial charge in [-0.3, -0.25) is 14.4 Å². The van der Waals surface area contributed by atoms with Gasteiger partial charge in [-0.2, -0.15) is 0 Å². The number of nitrogens with zero attached hydrogens (tertiary/aromatic N) is 2. The first kappa shape index (κ1) is 18.1. The van der Waals surface area contributed by atoms with Crippen molar-refractivity contribution in [1.82, 2.24) is 9.80 Å². The number of carbonyl (C=O) groups excluding carboxylic acids is 2. The molecule has 2 aliphatic heterocycles. The molecule has 0 saturated carbocycles. The number of rotatable bonds is 3. The number of hydrogen-bond acceptors (Lipinski definition) is 4. The second-order valence-electron chi connectivity index (χ2n) is 7.55. The fourth-order valence-corrected chi connectivity index (χ4v) is 4.18. The van der Waals surface area contributed by atoms with E-state index in [-0.39, 0.29) is 23.1 Å². The second kappa shape index (κ2) is 7.11. The summed E-state index contributed by atoms with van der Waals surface area (Å²) in [4.78, 5) is 39.6. The predicted octanol–water partition coefficient (Wildman–Crippen LogP) is 1.65. The van der Waals surface area contributed by atoms with Crippen molar-refractivity contribution < 1.29 is 19.5 Å². The number of piperidine rings is 1. The molecule has 2 heterocycles. The topological polar surface area (TPSA) is 77.9 Å². The molecule has 2 fully saturated rings. The van der Waals surface area contributed by atoms with Gasteiger partial charge in [0, 0.05) is 25.3 Å². The Hall–Kier alpha value is -1.24. The van der Waals surface area contributed by atoms with Crippen LogP contribution in [0.3, 0.4) is 0 Å². The molecule has 6 nitrogen and oxygen atoms in total. The van der Waals surface area contributed by atoms with E-state index in [0.29, 0.717) is 44.0 Å². The van der Waals surface area contributed by atoms with Gasteiger partial charge in [-0.15, -0.1) is 11.8 Å². The van der Waals surface area contributed by atoms with Crippen molar-refractivity contribution in [2.45, 2.75) is 46.1 Å². The lowest BCUT2D eigenvalue weighted by molar-refractivity contribution is -0.148. The number of carboxylic acids is 1. The van der Waals surface area contributed by atoms with E-state index in [9.17, 15) is 14.4 Å². The Morgan fingerprint density at radius 2 is 1.78 bits per heavy atom. The van der Waals surface area contributed by atoms with Crippen molar-refractivity contribution in [2.24, 2.45) is 11.3 Å². The first-order valence-electron chi connectivity index (χ1n) is 8.08. The largest absolute Gasteiger partial charge is 0.481 e. The Morgan fingerprint density at radius 1 is 1.17 bits per heavy atom. The van der Waals surface area contributed by atoms with Crippen LogP contribution in [0.15, 0.2) is 0 Å². The first-order chi connectivity index (χ1) is 10.7. The molecule has 2 aliphatic rings. The highest BCUT2D eigenvalue weighted by Gasteiger charge is 2.39. The van der Waals surface area contributed by atoms with Gasteiger partial charge in [-0.25, -0.2) is 0 Å². The molecule has 0 bridgehead atoms. The molecule has 0 aliphatic carbocycles. The van der Waals surface area contributed by atoms with E-state index < -0.39 is 12.0 Å². The van der Waals surface area contributed by atoms with E-state index in [1.54, 1.807) is 21.6 Å². The van der Waals surface area contributed by atoms with Gasteiger partial charge in [0.25, 0.3) is 0 Å². The van der Waals surface area contributed by atoms with Crippen LogP contribution in [0.4, 0.5) is 0 Å². The van der Waals surface area contributed by atoms with Crippen LogP contribution in [0.5, 0.6) is 0 Å². The zero-order valence-corrected chi connectivity index (χ0v) is 14.9. The van der Waals surface area contributed by atoms with Crippen molar-refractivity contribution in [3.8, 4) is 0 Å². The highest BCUT2D eigenvalue weighted by molar-refractivity contribution is 7.99. The second-order valence-corrected chi connectivity index (χ2v) is 8.55. The van der Waals surface area contributed by atoms with Crippen LogP contribution in [0.25, 0.3) is 0 Å². The third-order valence-corrected chi connectivity index (χ3v) is 5.34. The molecular weight excluding hydrogens is 316 g/mol. The number of hydrogen-bond donors (Lipinski definition) is 1. The van der Waals surface area contributed by atoms with Gasteiger partial charge in [0.1, 0.15) is 6.04 Å². The van der Waals surface area contributed by atoms with Crippen molar-refractivity contribution in [1.29, 1.82) is 0 Å². The molecule has 2 amide bonds. The van der Waals surface area contributed by atoms with Gasteiger partial charge in [-0.1, -0.05) is 20.8 Å². The average Bonchev–Trinajstić information content (AvgIpc) is 2.94. The Morgan fingerprint density at radius 3 is 2.30 bits per heavy atom. The summed E-state index contributed by atoms with van der Waals surface area (Å²) in [6.45, 7) is 6.99. The number of likely N-dealkylation sites (tertiary alicyclic amines) is 1. The Bertz CT molecular complexity index is 481. The zero-order chi connectivity index (χ0) is 17.2. The van der Waals surface area contributed by atoms with Gasteiger partial charge in [0.15, 0.2) is 0 Å². The minimum Gasteiger partial charge on any atom is -0.481 e. The molecule has 1 N–H and O–H groups in total. The SMILES string of the molecule is CC(C)(C)CC(=O)N1CSCC1C(=O)N1CCC(C(=O)O)CC1. The molecule has 23 heavy (non-hydrogen) atoms. The lowest BCUT2D eigenvalue weighted by atomic mass is 9.91. The predicted molar refractivity (Wildman–Crippen MR) is 89.0 cm³/mol. The van der Waals surface area contributed by atoms with Crippen molar-refractivity contribution in [3.63, 3.8) is 0 Å². The van der Waals surface area contributed by atoms with Crippen LogP contribution in [0.2, 0.25) is 0 Å². The van der Waals surface area contributed by atoms with Crippen LogP contribution in [0, 0.1) is 11.3 Å². The monoisotopic (exact) mass is 342 g/mol. The molecular formula is C16H26N2O4S. The minimum atomic E-state index is -0.782. The quantitative estimate of drug-likeness (QED) is 0.844. The van der Waals surface area contributed by atoms with Crippen LogP contribution in [0.1, 0.15) is 40.0 Å². The molecule has 0 aromatic carbocycles. The Kier molecular flexibility index (Phi) is 5.60. The number of carbonyl (C=O) groups is 3. The molecule has 0 radical (unpaired) electrons. The van der Waals surface area contributed by atoms with E-state index in [1.807, 2.05) is 20.8 Å². The van der Waals surface area contributed by atoms with E-state index in [1.165, 1.54) is 0 Å². The number of aliphatic carboxylic acids is 1. The van der Waals surface area contributed by atoms with E-state index >= 15 is 0 Å². The Balaban J connectivity index is 1.96. The maximum atomic E-state index is 12.7. The molecule has 1 atom stereocenters. The molecule has 7 heteroatoms. The van der Waals surface area contributed by atoms with E-state index in [2.05, 4.69) is 0 Å². The van der Waals surface area contributed by atoms with Crippen LogP contribution >= 0.6 is 11.8 Å². The van der Waals surface area contributed by atoms with Gasteiger partial charge in [0.2, 0.25) is 11.8 Å². The lowest BCUT2D eigenvalue weighted by Gasteiger charge is -2.34. The van der Waals surface area contributed by atoms with Crippen LogP contribution in [-0.2, 0) is 14.4 Å². The van der Waals surface area contributed by atoms with Crippen molar-refractivity contribution >= 4 is 29.5 Å². The maximum Gasteiger partial charge on any atom is 0.306 e. The van der Waals surface area contributed by atoms with E-state index in [4.69, 9.17) is 5.11 Å². The standard InChI is InChI=1S/C16H26N2O4S/c1-16(2,3)8-13(19)18-10-23-9-12(18)14(20)17-6-4-11(5-7-17)15(21)22/h11-12H,4-10H2,1-3H3,(H,21,22). The number of thioether (sulfide) groups is 1. The normalized spacial score (nSPS) is 23.2. The summed E-state index contributed by atoms with van der Waals surface area (Å²) in [6, 6.07) is -0.392. The molecule has 0 aromatic heterocycles. The fraction of sp³-hybridized carbons (Fsp3) is 0.812. The summed E-state index contributed by atoms with van der Waals surface area (Å²) in [5.74, 6) is 0.0679. The lowest BCUT2D eigenvalue weighted by Crippen LogP contribution is -2.51. The molecule has 0 spiro atoms. The molecule has 2 rings (SSSR count). The zero-order valence-electron chi connectivity index (χ0n) is 14.1. The molecule has 1 unspecified atom stereocenters. The summed E-state index contributed by atoms with van der Waals surface area (Å²) in [6.07, 6.45) is 1.42. The third-order valence-electron chi connectivity index (χ3n) is 4.33. The van der Waals surface area contributed by atoms with Gasteiger partial charge >= 0.3 is 5.97 Å². The maximum absolute atomic E-state index is 12.7. The third kappa shape index (κ3) is 4.62. The highest BCUT2D eigenvalue weighted by Crippen LogP contribution is 2.28. The summed E-state index contributed by atoms with van der Waals surface area (Å²) in [7, 11) is 0. The van der Waals surface area contributed by atoms with Crippen molar-refractivity contribution in [2.75, 3.05) is 24.7 Å². The number of carboxylic acid groups (broad SMARTS) is 1. The fourth-order valence-electron chi connectivity index (χ4n) is 3.01. The first-order valence-corrected chi connectivity index (χ1v) is 9.23. The molecule has 0 aromatic rings. The smallest absolute Gasteiger partial charge is 0.306 e. The molecule has 2 saturated heterocycles. The summed E-state index contributed by atoms with van der Waals surface area (Å²) < 4.78 is 0. The average molecular weight is 342 g/mol. The van der Waals surface area contributed by atoms with Crippen LogP contribution in [-0.4, -0.2) is 63.5 Å². The number of amides is 2. The Labute approximate surface area is 141 Å². The van der Waals surface area contributed by atoms with Gasteiger partial charge in [0.05, 0.1) is 11.8 Å². The van der Waals surface area contributed by atoms with E-state index in [0.717, 1.165) is 0 Å². The minimum absolute atomic E-state index is 0.0268.